The molecule has 1 rings (SSSR count). The van der Waals surface area contributed by atoms with Crippen LogP contribution in [0.15, 0.2) is 18.2 Å². The number of nitro groups is 1. The lowest BCUT2D eigenvalue weighted by molar-refractivity contribution is -0.387. The number of hydrogen-bond donors (Lipinski definition) is 0. The monoisotopic (exact) mass is 240 g/mol. The normalized spacial score (nSPS) is 10.1. The van der Waals surface area contributed by atoms with Gasteiger partial charge in [-0.05, 0) is 26.0 Å². The first-order valence-corrected chi connectivity index (χ1v) is 5.24. The maximum Gasteiger partial charge on any atom is 0.304 e. The van der Waals surface area contributed by atoms with E-state index in [1.54, 1.807) is 0 Å². The molecule has 1 aromatic rings. The van der Waals surface area contributed by atoms with Gasteiger partial charge in [0.05, 0.1) is 4.92 Å². The van der Waals surface area contributed by atoms with Gasteiger partial charge in [-0.15, -0.1) is 0 Å². The standard InChI is InChI=1S/C11H13FN2O3/c1-3-13(4-2)11(15)8-5-6-10(14(16)17)9(12)7-8/h5-7H,3-4H2,1-2H3. The highest BCUT2D eigenvalue weighted by molar-refractivity contribution is 5.94. The molecule has 0 bridgehead atoms. The molecule has 0 spiro atoms. The Labute approximate surface area is 98.0 Å². The van der Waals surface area contributed by atoms with E-state index in [0.717, 1.165) is 12.1 Å². The third kappa shape index (κ3) is 2.77. The molecule has 0 saturated heterocycles. The highest BCUT2D eigenvalue weighted by Crippen LogP contribution is 2.18. The molecule has 0 aromatic heterocycles. The highest BCUT2D eigenvalue weighted by atomic mass is 19.1. The number of nitrogens with zero attached hydrogens (tertiary/aromatic N) is 2. The molecule has 0 aliphatic rings. The predicted molar refractivity (Wildman–Crippen MR) is 60.3 cm³/mol. The van der Waals surface area contributed by atoms with Crippen LogP contribution in [0.4, 0.5) is 10.1 Å². The van der Waals surface area contributed by atoms with Gasteiger partial charge in [-0.25, -0.2) is 0 Å². The van der Waals surface area contributed by atoms with Crippen LogP contribution in [0.1, 0.15) is 24.2 Å². The number of carbonyl (C=O) groups excluding carboxylic acids is 1. The zero-order chi connectivity index (χ0) is 13.0. The Kier molecular flexibility index (Phi) is 4.14. The Morgan fingerprint density at radius 3 is 2.41 bits per heavy atom. The largest absolute Gasteiger partial charge is 0.339 e. The second-order valence-electron chi connectivity index (χ2n) is 3.40. The molecule has 0 fully saturated rings. The molecule has 0 aliphatic carbocycles. The van der Waals surface area contributed by atoms with Crippen molar-refractivity contribution < 1.29 is 14.1 Å². The number of rotatable bonds is 4. The van der Waals surface area contributed by atoms with E-state index < -0.39 is 16.4 Å². The van der Waals surface area contributed by atoms with Gasteiger partial charge in [-0.1, -0.05) is 0 Å². The van der Waals surface area contributed by atoms with Crippen LogP contribution in [-0.2, 0) is 0 Å². The van der Waals surface area contributed by atoms with Crippen LogP contribution >= 0.6 is 0 Å². The summed E-state index contributed by atoms with van der Waals surface area (Å²) in [7, 11) is 0. The van der Waals surface area contributed by atoms with Crippen LogP contribution in [0.25, 0.3) is 0 Å². The van der Waals surface area contributed by atoms with E-state index in [1.165, 1.54) is 11.0 Å². The molecule has 1 amide bonds. The molecule has 0 N–H and O–H groups in total. The molecular formula is C11H13FN2O3. The van der Waals surface area contributed by atoms with Crippen molar-refractivity contribution in [3.63, 3.8) is 0 Å². The molecule has 0 heterocycles. The Hall–Kier alpha value is -1.98. The summed E-state index contributed by atoms with van der Waals surface area (Å²) in [5.74, 6) is -1.32. The number of halogens is 1. The van der Waals surface area contributed by atoms with E-state index in [-0.39, 0.29) is 11.5 Å². The van der Waals surface area contributed by atoms with E-state index in [2.05, 4.69) is 0 Å². The van der Waals surface area contributed by atoms with Gasteiger partial charge >= 0.3 is 5.69 Å². The summed E-state index contributed by atoms with van der Waals surface area (Å²) >= 11 is 0. The van der Waals surface area contributed by atoms with E-state index >= 15 is 0 Å². The van der Waals surface area contributed by atoms with Gasteiger partial charge in [0.1, 0.15) is 0 Å². The first-order chi connectivity index (χ1) is 8.01. The van der Waals surface area contributed by atoms with Gasteiger partial charge in [0, 0.05) is 24.7 Å². The Morgan fingerprint density at radius 1 is 1.41 bits per heavy atom. The van der Waals surface area contributed by atoms with Crippen LogP contribution in [0, 0.1) is 15.9 Å². The second kappa shape index (κ2) is 5.38. The smallest absolute Gasteiger partial charge is 0.304 e. The maximum absolute atomic E-state index is 13.3. The topological polar surface area (TPSA) is 63.5 Å². The summed E-state index contributed by atoms with van der Waals surface area (Å²) in [6.45, 7) is 4.63. The molecule has 1 aromatic carbocycles. The van der Waals surface area contributed by atoms with Gasteiger partial charge in [0.2, 0.25) is 5.82 Å². The quantitative estimate of drug-likeness (QED) is 0.598. The molecule has 6 heteroatoms. The van der Waals surface area contributed by atoms with Gasteiger partial charge in [0.25, 0.3) is 5.91 Å². The number of carbonyl (C=O) groups is 1. The minimum atomic E-state index is -0.993. The minimum Gasteiger partial charge on any atom is -0.339 e. The summed E-state index contributed by atoms with van der Waals surface area (Å²) in [4.78, 5) is 22.9. The second-order valence-corrected chi connectivity index (χ2v) is 3.40. The summed E-state index contributed by atoms with van der Waals surface area (Å²) < 4.78 is 13.3. The Balaban J connectivity index is 3.05. The SMILES string of the molecule is CCN(CC)C(=O)c1ccc([N+](=O)[O-])c(F)c1. The summed E-state index contributed by atoms with van der Waals surface area (Å²) in [5, 5.41) is 10.4. The van der Waals surface area contributed by atoms with Crippen LogP contribution < -0.4 is 0 Å². The molecule has 17 heavy (non-hydrogen) atoms. The third-order valence-electron chi connectivity index (χ3n) is 2.44. The van der Waals surface area contributed by atoms with Crippen molar-refractivity contribution in [2.24, 2.45) is 0 Å². The van der Waals surface area contributed by atoms with Crippen molar-refractivity contribution in [2.75, 3.05) is 13.1 Å². The Bertz CT molecular complexity index is 444. The summed E-state index contributed by atoms with van der Waals surface area (Å²) in [6, 6.07) is 3.17. The van der Waals surface area contributed by atoms with Crippen molar-refractivity contribution in [3.05, 3.63) is 39.7 Å². The molecule has 92 valence electrons. The molecule has 5 nitrogen and oxygen atoms in total. The van der Waals surface area contributed by atoms with Gasteiger partial charge < -0.3 is 4.90 Å². The maximum atomic E-state index is 13.3. The van der Waals surface area contributed by atoms with E-state index in [0.29, 0.717) is 13.1 Å². The van der Waals surface area contributed by atoms with Crippen LogP contribution in [0.3, 0.4) is 0 Å². The lowest BCUT2D eigenvalue weighted by atomic mass is 10.1. The summed E-state index contributed by atoms with van der Waals surface area (Å²) in [6.07, 6.45) is 0. The van der Waals surface area contributed by atoms with Crippen molar-refractivity contribution in [2.45, 2.75) is 13.8 Å². The lowest BCUT2D eigenvalue weighted by Crippen LogP contribution is -2.30. The van der Waals surface area contributed by atoms with Crippen LogP contribution in [0.2, 0.25) is 0 Å². The Morgan fingerprint density at radius 2 is 2.00 bits per heavy atom. The zero-order valence-electron chi connectivity index (χ0n) is 9.64. The van der Waals surface area contributed by atoms with E-state index in [1.807, 2.05) is 13.8 Å². The minimum absolute atomic E-state index is 0.122. The van der Waals surface area contributed by atoms with Crippen molar-refractivity contribution in [1.29, 1.82) is 0 Å². The first kappa shape index (κ1) is 13.1. The average Bonchev–Trinajstić information content (AvgIpc) is 2.29. The van der Waals surface area contributed by atoms with Crippen molar-refractivity contribution >= 4 is 11.6 Å². The van der Waals surface area contributed by atoms with Gasteiger partial charge in [-0.2, -0.15) is 4.39 Å². The first-order valence-electron chi connectivity index (χ1n) is 5.24. The lowest BCUT2D eigenvalue weighted by Gasteiger charge is -2.18. The number of hydrogen-bond acceptors (Lipinski definition) is 3. The molecule has 0 saturated carbocycles. The number of amides is 1. The average molecular weight is 240 g/mol. The number of nitro benzene ring substituents is 1. The third-order valence-corrected chi connectivity index (χ3v) is 2.44. The number of benzene rings is 1. The van der Waals surface area contributed by atoms with Gasteiger partial charge in [-0.3, -0.25) is 14.9 Å². The zero-order valence-corrected chi connectivity index (χ0v) is 9.64. The fourth-order valence-electron chi connectivity index (χ4n) is 1.48. The van der Waals surface area contributed by atoms with Crippen molar-refractivity contribution in [1.82, 2.24) is 4.90 Å². The summed E-state index contributed by atoms with van der Waals surface area (Å²) in [5.41, 5.74) is -0.502. The van der Waals surface area contributed by atoms with Crippen LogP contribution in [-0.4, -0.2) is 28.8 Å². The van der Waals surface area contributed by atoms with E-state index in [4.69, 9.17) is 0 Å². The van der Waals surface area contributed by atoms with E-state index in [9.17, 15) is 19.3 Å². The van der Waals surface area contributed by atoms with Crippen molar-refractivity contribution in [3.8, 4) is 0 Å². The molecule has 0 atom stereocenters. The fraction of sp³-hybridized carbons (Fsp3) is 0.364. The molecule has 0 radical (unpaired) electrons. The molecule has 0 aliphatic heterocycles. The highest BCUT2D eigenvalue weighted by Gasteiger charge is 2.18. The van der Waals surface area contributed by atoms with Crippen LogP contribution in [0.5, 0.6) is 0 Å². The van der Waals surface area contributed by atoms with Gasteiger partial charge in [0.15, 0.2) is 0 Å². The molecule has 0 unspecified atom stereocenters. The fourth-order valence-corrected chi connectivity index (χ4v) is 1.48. The predicted octanol–water partition coefficient (Wildman–Crippen LogP) is 2.22. The molecular weight excluding hydrogens is 227 g/mol.